The molecule has 0 amide bonds. The molecule has 0 bridgehead atoms. The summed E-state index contributed by atoms with van der Waals surface area (Å²) in [5.74, 6) is -0.342. The Balaban J connectivity index is 1.27. The van der Waals surface area contributed by atoms with Crippen molar-refractivity contribution in [1.82, 2.24) is 15.1 Å². The molecule has 1 atom stereocenters. The third kappa shape index (κ3) is 3.45. The van der Waals surface area contributed by atoms with Gasteiger partial charge in [-0.15, -0.1) is 0 Å². The fourth-order valence-corrected chi connectivity index (χ4v) is 4.78. The molecule has 0 spiro atoms. The standard InChI is InChI=1S/C24H24FN5O2/c25-21-15-32-24-16(2-1-3-19(21)24)11-26-23-12-27-28-22-5-4-17(10-20(22)23)30-7-6-29-8-9-31-14-18(29)13-30/h1-5,10,12,15,18H,6-9,11,13-14H2,(H,26,28). The van der Waals surface area contributed by atoms with E-state index in [9.17, 15) is 4.39 Å². The van der Waals surface area contributed by atoms with Crippen LogP contribution in [0.4, 0.5) is 15.8 Å². The minimum Gasteiger partial charge on any atom is -0.461 e. The van der Waals surface area contributed by atoms with Gasteiger partial charge in [0.1, 0.15) is 11.8 Å². The van der Waals surface area contributed by atoms with E-state index in [4.69, 9.17) is 9.15 Å². The van der Waals surface area contributed by atoms with Crippen LogP contribution in [0.15, 0.2) is 53.3 Å². The molecule has 2 fully saturated rings. The second-order valence-electron chi connectivity index (χ2n) is 8.40. The lowest BCUT2D eigenvalue weighted by atomic mass is 10.1. The van der Waals surface area contributed by atoms with Gasteiger partial charge in [-0.1, -0.05) is 12.1 Å². The van der Waals surface area contributed by atoms with Gasteiger partial charge in [-0.05, 0) is 24.3 Å². The van der Waals surface area contributed by atoms with E-state index in [1.807, 2.05) is 18.2 Å². The summed E-state index contributed by atoms with van der Waals surface area (Å²) in [5.41, 5.74) is 4.35. The van der Waals surface area contributed by atoms with Gasteiger partial charge in [0.05, 0.1) is 42.0 Å². The lowest BCUT2D eigenvalue weighted by molar-refractivity contribution is -0.0116. The third-order valence-corrected chi connectivity index (χ3v) is 6.53. The summed E-state index contributed by atoms with van der Waals surface area (Å²) < 4.78 is 25.0. The van der Waals surface area contributed by atoms with Crippen LogP contribution in [0.25, 0.3) is 21.9 Å². The second-order valence-corrected chi connectivity index (χ2v) is 8.40. The van der Waals surface area contributed by atoms with Gasteiger partial charge < -0.3 is 19.4 Å². The number of nitrogens with zero attached hydrogens (tertiary/aromatic N) is 4. The van der Waals surface area contributed by atoms with Gasteiger partial charge in [0.15, 0.2) is 5.82 Å². The number of fused-ring (bicyclic) bond motifs is 3. The number of benzene rings is 2. The zero-order valence-corrected chi connectivity index (χ0v) is 17.6. The average molecular weight is 433 g/mol. The molecule has 0 saturated carbocycles. The van der Waals surface area contributed by atoms with Crippen molar-refractivity contribution in [3.63, 3.8) is 0 Å². The smallest absolute Gasteiger partial charge is 0.169 e. The molecule has 164 valence electrons. The van der Waals surface area contributed by atoms with Crippen LogP contribution in [0.1, 0.15) is 5.56 Å². The largest absolute Gasteiger partial charge is 0.461 e. The van der Waals surface area contributed by atoms with Gasteiger partial charge >= 0.3 is 0 Å². The van der Waals surface area contributed by atoms with Crippen LogP contribution in [0.2, 0.25) is 0 Å². The van der Waals surface area contributed by atoms with Crippen molar-refractivity contribution in [2.75, 3.05) is 49.6 Å². The van der Waals surface area contributed by atoms with E-state index in [0.29, 0.717) is 23.6 Å². The zero-order chi connectivity index (χ0) is 21.5. The molecule has 2 aromatic carbocycles. The number of nitrogens with one attached hydrogen (secondary N) is 1. The lowest BCUT2D eigenvalue weighted by Gasteiger charge is -2.44. The molecular weight excluding hydrogens is 409 g/mol. The maximum Gasteiger partial charge on any atom is 0.169 e. The molecule has 2 aromatic heterocycles. The molecule has 2 saturated heterocycles. The Morgan fingerprint density at radius 1 is 1.12 bits per heavy atom. The number of rotatable bonds is 4. The zero-order valence-electron chi connectivity index (χ0n) is 17.6. The Hall–Kier alpha value is -3.23. The Morgan fingerprint density at radius 2 is 2.09 bits per heavy atom. The molecule has 32 heavy (non-hydrogen) atoms. The molecule has 1 unspecified atom stereocenters. The number of halogens is 1. The summed E-state index contributed by atoms with van der Waals surface area (Å²) in [6, 6.07) is 12.3. The fourth-order valence-electron chi connectivity index (χ4n) is 4.78. The number of furan rings is 1. The summed E-state index contributed by atoms with van der Waals surface area (Å²) >= 11 is 0. The van der Waals surface area contributed by atoms with Crippen LogP contribution in [0.3, 0.4) is 0 Å². The predicted molar refractivity (Wildman–Crippen MR) is 121 cm³/mol. The van der Waals surface area contributed by atoms with E-state index in [1.165, 1.54) is 5.69 Å². The second kappa shape index (κ2) is 8.03. The molecule has 0 radical (unpaired) electrons. The first kappa shape index (κ1) is 19.5. The number of ether oxygens (including phenoxy) is 1. The van der Waals surface area contributed by atoms with Gasteiger partial charge in [0.2, 0.25) is 0 Å². The van der Waals surface area contributed by atoms with Crippen LogP contribution in [-0.2, 0) is 11.3 Å². The van der Waals surface area contributed by atoms with E-state index in [1.54, 1.807) is 12.3 Å². The van der Waals surface area contributed by atoms with Gasteiger partial charge in [0.25, 0.3) is 0 Å². The Morgan fingerprint density at radius 3 is 3.06 bits per heavy atom. The quantitative estimate of drug-likeness (QED) is 0.527. The van der Waals surface area contributed by atoms with E-state index < -0.39 is 0 Å². The molecule has 8 heteroatoms. The third-order valence-electron chi connectivity index (χ3n) is 6.53. The van der Waals surface area contributed by atoms with Crippen molar-refractivity contribution in [1.29, 1.82) is 0 Å². The van der Waals surface area contributed by atoms with Crippen molar-refractivity contribution >= 4 is 33.2 Å². The highest BCUT2D eigenvalue weighted by molar-refractivity contribution is 5.93. The number of para-hydroxylation sites is 1. The van der Waals surface area contributed by atoms with Crippen molar-refractivity contribution < 1.29 is 13.5 Å². The van der Waals surface area contributed by atoms with Crippen LogP contribution < -0.4 is 10.2 Å². The maximum atomic E-state index is 13.9. The van der Waals surface area contributed by atoms with Crippen molar-refractivity contribution in [3.05, 3.63) is 60.2 Å². The first-order valence-electron chi connectivity index (χ1n) is 11.0. The van der Waals surface area contributed by atoms with E-state index in [-0.39, 0.29) is 5.82 Å². The van der Waals surface area contributed by atoms with Gasteiger partial charge in [-0.3, -0.25) is 4.90 Å². The molecule has 2 aliphatic rings. The minimum atomic E-state index is -0.342. The topological polar surface area (TPSA) is 66.7 Å². The summed E-state index contributed by atoms with van der Waals surface area (Å²) in [6.07, 6.45) is 2.89. The van der Waals surface area contributed by atoms with Crippen LogP contribution in [0.5, 0.6) is 0 Å². The monoisotopic (exact) mass is 433 g/mol. The highest BCUT2D eigenvalue weighted by Gasteiger charge is 2.29. The molecular formula is C24H24FN5O2. The molecule has 2 aliphatic heterocycles. The summed E-state index contributed by atoms with van der Waals surface area (Å²) in [4.78, 5) is 4.95. The fraction of sp³-hybridized carbons (Fsp3) is 0.333. The predicted octanol–water partition coefficient (Wildman–Crippen LogP) is 3.65. The SMILES string of the molecule is Fc1coc2c(CNc3cnnc4ccc(N5CCN6CCOCC6C5)cc34)cccc12. The first-order valence-corrected chi connectivity index (χ1v) is 11.0. The van der Waals surface area contributed by atoms with Crippen LogP contribution in [0, 0.1) is 5.82 Å². The molecule has 0 aliphatic carbocycles. The molecule has 1 N–H and O–H groups in total. The Labute approximate surface area is 184 Å². The number of anilines is 2. The molecule has 4 heterocycles. The van der Waals surface area contributed by atoms with E-state index >= 15 is 0 Å². The van der Waals surface area contributed by atoms with Crippen LogP contribution >= 0.6 is 0 Å². The normalized spacial score (nSPS) is 19.4. The van der Waals surface area contributed by atoms with E-state index in [2.05, 4.69) is 37.4 Å². The number of piperazine rings is 1. The number of hydrogen-bond donors (Lipinski definition) is 1. The molecule has 6 rings (SSSR count). The summed E-state index contributed by atoms with van der Waals surface area (Å²) in [6.45, 7) is 6.14. The van der Waals surface area contributed by atoms with Crippen molar-refractivity contribution in [3.8, 4) is 0 Å². The van der Waals surface area contributed by atoms with Crippen LogP contribution in [-0.4, -0.2) is 60.5 Å². The maximum absolute atomic E-state index is 13.9. The van der Waals surface area contributed by atoms with Gasteiger partial charge in [0, 0.05) is 49.4 Å². The Bertz CT molecular complexity index is 1280. The number of aromatic nitrogens is 2. The molecule has 4 aromatic rings. The number of hydrogen-bond acceptors (Lipinski definition) is 7. The van der Waals surface area contributed by atoms with Crippen molar-refractivity contribution in [2.24, 2.45) is 0 Å². The molecule has 7 nitrogen and oxygen atoms in total. The average Bonchev–Trinajstić information content (AvgIpc) is 3.23. The first-order chi connectivity index (χ1) is 15.8. The van der Waals surface area contributed by atoms with E-state index in [0.717, 1.165) is 67.8 Å². The van der Waals surface area contributed by atoms with Gasteiger partial charge in [-0.25, -0.2) is 4.39 Å². The van der Waals surface area contributed by atoms with Gasteiger partial charge in [-0.2, -0.15) is 10.2 Å². The lowest BCUT2D eigenvalue weighted by Crippen LogP contribution is -2.58. The summed E-state index contributed by atoms with van der Waals surface area (Å²) in [7, 11) is 0. The van der Waals surface area contributed by atoms with Crippen molar-refractivity contribution in [2.45, 2.75) is 12.6 Å². The number of morpholine rings is 1. The minimum absolute atomic E-state index is 0.342. The summed E-state index contributed by atoms with van der Waals surface area (Å²) in [5, 5.41) is 13.4. The highest BCUT2D eigenvalue weighted by atomic mass is 19.1. The highest BCUT2D eigenvalue weighted by Crippen LogP contribution is 2.29. The Kier molecular flexibility index (Phi) is 4.88.